The number of carbonyl (C=O) groups is 2. The number of rotatable bonds is 11. The van der Waals surface area contributed by atoms with Gasteiger partial charge in [0.25, 0.3) is 0 Å². The van der Waals surface area contributed by atoms with Crippen LogP contribution in [0.2, 0.25) is 0 Å². The SMILES string of the molecule is C=CC(=O)OC(C)COc1c2c(c(OCC(C)OC(=O)C=C)c3c(CC)cccc13)C1CCC2C1C. The van der Waals surface area contributed by atoms with Gasteiger partial charge in [0.15, 0.2) is 0 Å². The van der Waals surface area contributed by atoms with E-state index in [0.717, 1.165) is 47.6 Å². The number of fused-ring (bicyclic) bond motifs is 6. The van der Waals surface area contributed by atoms with Crippen LogP contribution in [0.5, 0.6) is 11.5 Å². The molecule has 2 aliphatic rings. The molecule has 192 valence electrons. The molecule has 2 aromatic rings. The molecule has 0 N–H and O–H groups in total. The van der Waals surface area contributed by atoms with Gasteiger partial charge in [0.05, 0.1) is 0 Å². The van der Waals surface area contributed by atoms with Gasteiger partial charge in [-0.15, -0.1) is 0 Å². The predicted molar refractivity (Wildman–Crippen MR) is 140 cm³/mol. The molecule has 2 aromatic carbocycles. The molecule has 0 amide bonds. The van der Waals surface area contributed by atoms with E-state index in [1.165, 1.54) is 22.8 Å². The Morgan fingerprint density at radius 3 is 2.00 bits per heavy atom. The molecule has 0 heterocycles. The van der Waals surface area contributed by atoms with Crippen molar-refractivity contribution in [1.29, 1.82) is 0 Å². The summed E-state index contributed by atoms with van der Waals surface area (Å²) in [5.41, 5.74) is 3.61. The summed E-state index contributed by atoms with van der Waals surface area (Å²) in [6.45, 7) is 15.5. The molecule has 0 radical (unpaired) electrons. The number of aryl methyl sites for hydroxylation is 1. The monoisotopic (exact) mass is 492 g/mol. The smallest absolute Gasteiger partial charge is 0.330 e. The largest absolute Gasteiger partial charge is 0.489 e. The van der Waals surface area contributed by atoms with Crippen molar-refractivity contribution in [2.24, 2.45) is 5.92 Å². The van der Waals surface area contributed by atoms with E-state index >= 15 is 0 Å². The second-order valence-electron chi connectivity index (χ2n) is 9.85. The van der Waals surface area contributed by atoms with Crippen molar-refractivity contribution in [2.45, 2.75) is 71.0 Å². The molecule has 6 nitrogen and oxygen atoms in total. The van der Waals surface area contributed by atoms with Crippen molar-refractivity contribution < 1.29 is 28.5 Å². The predicted octanol–water partition coefficient (Wildman–Crippen LogP) is 6.01. The fourth-order valence-electron chi connectivity index (χ4n) is 5.86. The molecule has 2 aliphatic carbocycles. The van der Waals surface area contributed by atoms with Crippen LogP contribution in [-0.2, 0) is 25.5 Å². The number of ether oxygens (including phenoxy) is 4. The van der Waals surface area contributed by atoms with E-state index in [0.29, 0.717) is 17.8 Å². The third-order valence-electron chi connectivity index (χ3n) is 7.48. The van der Waals surface area contributed by atoms with Crippen molar-refractivity contribution in [3.05, 3.63) is 60.2 Å². The summed E-state index contributed by atoms with van der Waals surface area (Å²) in [4.78, 5) is 23.4. The zero-order valence-electron chi connectivity index (χ0n) is 21.7. The van der Waals surface area contributed by atoms with Crippen LogP contribution in [0.1, 0.15) is 69.1 Å². The topological polar surface area (TPSA) is 71.1 Å². The molecule has 5 unspecified atom stereocenters. The highest BCUT2D eigenvalue weighted by molar-refractivity contribution is 5.99. The van der Waals surface area contributed by atoms with Gasteiger partial charge in [-0.1, -0.05) is 45.2 Å². The van der Waals surface area contributed by atoms with E-state index in [1.54, 1.807) is 0 Å². The van der Waals surface area contributed by atoms with Crippen LogP contribution in [0, 0.1) is 5.92 Å². The Kier molecular flexibility index (Phi) is 7.72. The summed E-state index contributed by atoms with van der Waals surface area (Å²) in [6, 6.07) is 6.25. The summed E-state index contributed by atoms with van der Waals surface area (Å²) < 4.78 is 23.7. The minimum Gasteiger partial charge on any atom is -0.489 e. The lowest BCUT2D eigenvalue weighted by Gasteiger charge is -2.27. The summed E-state index contributed by atoms with van der Waals surface area (Å²) >= 11 is 0. The van der Waals surface area contributed by atoms with Gasteiger partial charge in [0.1, 0.15) is 36.9 Å². The van der Waals surface area contributed by atoms with E-state index in [9.17, 15) is 9.59 Å². The fourth-order valence-corrected chi connectivity index (χ4v) is 5.86. The first-order valence-corrected chi connectivity index (χ1v) is 12.8. The van der Waals surface area contributed by atoms with E-state index in [-0.39, 0.29) is 13.2 Å². The van der Waals surface area contributed by atoms with Crippen molar-refractivity contribution in [3.8, 4) is 11.5 Å². The number of hydrogen-bond donors (Lipinski definition) is 0. The molecule has 4 rings (SSSR count). The van der Waals surface area contributed by atoms with Crippen LogP contribution in [0.3, 0.4) is 0 Å². The summed E-state index contributed by atoms with van der Waals surface area (Å²) in [6.07, 6.45) is 4.57. The molecular weight excluding hydrogens is 456 g/mol. The molecule has 0 aliphatic heterocycles. The number of hydrogen-bond acceptors (Lipinski definition) is 6. The fraction of sp³-hybridized carbons (Fsp3) is 0.467. The molecule has 0 aromatic heterocycles. The van der Waals surface area contributed by atoms with Gasteiger partial charge < -0.3 is 18.9 Å². The van der Waals surface area contributed by atoms with E-state index in [1.807, 2.05) is 13.8 Å². The maximum absolute atomic E-state index is 11.7. The van der Waals surface area contributed by atoms with Gasteiger partial charge in [0, 0.05) is 34.1 Å². The Labute approximate surface area is 213 Å². The highest BCUT2D eigenvalue weighted by Gasteiger charge is 2.48. The highest BCUT2D eigenvalue weighted by atomic mass is 16.6. The molecule has 1 saturated carbocycles. The Morgan fingerprint density at radius 1 is 0.944 bits per heavy atom. The lowest BCUT2D eigenvalue weighted by atomic mass is 9.85. The molecule has 5 atom stereocenters. The van der Waals surface area contributed by atoms with E-state index < -0.39 is 24.1 Å². The molecule has 36 heavy (non-hydrogen) atoms. The Morgan fingerprint density at radius 2 is 1.47 bits per heavy atom. The van der Waals surface area contributed by atoms with Crippen LogP contribution >= 0.6 is 0 Å². The minimum atomic E-state index is -0.461. The van der Waals surface area contributed by atoms with Crippen LogP contribution in [-0.4, -0.2) is 37.4 Å². The van der Waals surface area contributed by atoms with Crippen molar-refractivity contribution in [1.82, 2.24) is 0 Å². The quantitative estimate of drug-likeness (QED) is 0.283. The Hall–Kier alpha value is -3.28. The summed E-state index contributed by atoms with van der Waals surface area (Å²) in [5.74, 6) is 2.09. The van der Waals surface area contributed by atoms with Gasteiger partial charge in [-0.05, 0) is 56.4 Å². The average molecular weight is 493 g/mol. The maximum Gasteiger partial charge on any atom is 0.330 e. The average Bonchev–Trinajstić information content (AvgIpc) is 3.37. The first kappa shape index (κ1) is 25.8. The number of carbonyl (C=O) groups excluding carboxylic acids is 2. The second kappa shape index (κ2) is 10.8. The molecule has 0 spiro atoms. The lowest BCUT2D eigenvalue weighted by molar-refractivity contribution is -0.144. The minimum absolute atomic E-state index is 0.248. The zero-order valence-corrected chi connectivity index (χ0v) is 21.7. The van der Waals surface area contributed by atoms with E-state index in [2.05, 4.69) is 45.2 Å². The molecule has 1 fully saturated rings. The highest BCUT2D eigenvalue weighted by Crippen LogP contribution is 2.64. The van der Waals surface area contributed by atoms with E-state index in [4.69, 9.17) is 18.9 Å². The van der Waals surface area contributed by atoms with Crippen LogP contribution in [0.25, 0.3) is 10.8 Å². The number of esters is 2. The van der Waals surface area contributed by atoms with Crippen LogP contribution < -0.4 is 9.47 Å². The maximum atomic E-state index is 11.7. The van der Waals surface area contributed by atoms with Crippen LogP contribution in [0.15, 0.2) is 43.5 Å². The normalized spacial score (nSPS) is 21.4. The standard InChI is InChI=1S/C30H36O6/c1-7-20-11-10-12-23-26(20)30(34-16-18(5)36-25(32)9-3)28-22-14-13-21(19(22)6)27(28)29(23)33-15-17(4)35-24(31)8-2/h8-12,17-19,21-22H,2-3,7,13-16H2,1,4-6H3. The Bertz CT molecular complexity index is 1180. The van der Waals surface area contributed by atoms with Gasteiger partial charge in [0.2, 0.25) is 0 Å². The molecule has 0 saturated heterocycles. The summed E-state index contributed by atoms with van der Waals surface area (Å²) in [5, 5.41) is 2.05. The van der Waals surface area contributed by atoms with Crippen molar-refractivity contribution in [3.63, 3.8) is 0 Å². The van der Waals surface area contributed by atoms with Crippen molar-refractivity contribution >= 4 is 22.7 Å². The summed E-state index contributed by atoms with van der Waals surface area (Å²) in [7, 11) is 0. The molecule has 2 bridgehead atoms. The first-order valence-electron chi connectivity index (χ1n) is 12.8. The van der Waals surface area contributed by atoms with Crippen LogP contribution in [0.4, 0.5) is 0 Å². The third-order valence-corrected chi connectivity index (χ3v) is 7.48. The van der Waals surface area contributed by atoms with Crippen molar-refractivity contribution in [2.75, 3.05) is 13.2 Å². The number of benzene rings is 2. The second-order valence-corrected chi connectivity index (χ2v) is 9.85. The Balaban J connectivity index is 1.80. The zero-order chi connectivity index (χ0) is 26.0. The molecular formula is C30H36O6. The lowest BCUT2D eigenvalue weighted by Crippen LogP contribution is -2.23. The van der Waals surface area contributed by atoms with Gasteiger partial charge >= 0.3 is 11.9 Å². The molecule has 6 heteroatoms. The van der Waals surface area contributed by atoms with Gasteiger partial charge in [-0.2, -0.15) is 0 Å². The van der Waals surface area contributed by atoms with Gasteiger partial charge in [-0.25, -0.2) is 9.59 Å². The van der Waals surface area contributed by atoms with Gasteiger partial charge in [-0.3, -0.25) is 0 Å². The first-order chi connectivity index (χ1) is 17.3. The third kappa shape index (κ3) is 4.73.